The van der Waals surface area contributed by atoms with Gasteiger partial charge in [-0.05, 0) is 33.9 Å². The minimum Gasteiger partial charge on any atom is -0.490 e. The van der Waals surface area contributed by atoms with Crippen LogP contribution >= 0.6 is 0 Å². The van der Waals surface area contributed by atoms with E-state index in [9.17, 15) is 20.0 Å². The van der Waals surface area contributed by atoms with Crippen LogP contribution in [0.2, 0.25) is 0 Å². The highest BCUT2D eigenvalue weighted by Crippen LogP contribution is 2.28. The van der Waals surface area contributed by atoms with E-state index in [1.165, 1.54) is 6.07 Å². The molecule has 7 heteroatoms. The van der Waals surface area contributed by atoms with Crippen LogP contribution in [0.25, 0.3) is 0 Å². The van der Waals surface area contributed by atoms with Crippen molar-refractivity contribution in [1.82, 2.24) is 5.32 Å². The van der Waals surface area contributed by atoms with E-state index < -0.39 is 22.5 Å². The Morgan fingerprint density at radius 3 is 2.67 bits per heavy atom. The Morgan fingerprint density at radius 2 is 2.19 bits per heavy atom. The standard InChI is InChI=1S/C14H20N2O5/c1-9(8-14(3,15-4)13(17)18)21-12-7-5-6-11(10(12)2)16(19)20/h5-7,9,15H,8H2,1-4H3,(H,17,18). The third kappa shape index (κ3) is 3.91. The number of carbonyl (C=O) groups is 1. The summed E-state index contributed by atoms with van der Waals surface area (Å²) in [5.41, 5.74) is -0.709. The number of hydrogen-bond acceptors (Lipinski definition) is 5. The highest BCUT2D eigenvalue weighted by molar-refractivity contribution is 5.78. The number of aliphatic carboxylic acids is 1. The smallest absolute Gasteiger partial charge is 0.323 e. The van der Waals surface area contributed by atoms with Crippen molar-refractivity contribution in [2.45, 2.75) is 38.8 Å². The Labute approximate surface area is 123 Å². The lowest BCUT2D eigenvalue weighted by Crippen LogP contribution is -2.50. The van der Waals surface area contributed by atoms with Crippen LogP contribution in [0.15, 0.2) is 18.2 Å². The summed E-state index contributed by atoms with van der Waals surface area (Å²) in [6.45, 7) is 4.90. The number of hydrogen-bond donors (Lipinski definition) is 2. The van der Waals surface area contributed by atoms with Crippen LogP contribution in [0.3, 0.4) is 0 Å². The number of carboxylic acid groups (broad SMARTS) is 1. The van der Waals surface area contributed by atoms with Gasteiger partial charge in [0.1, 0.15) is 11.3 Å². The quantitative estimate of drug-likeness (QED) is 0.590. The predicted molar refractivity (Wildman–Crippen MR) is 77.6 cm³/mol. The van der Waals surface area contributed by atoms with Gasteiger partial charge in [0.15, 0.2) is 0 Å². The van der Waals surface area contributed by atoms with Gasteiger partial charge < -0.3 is 15.2 Å². The molecular weight excluding hydrogens is 276 g/mol. The van der Waals surface area contributed by atoms with Crippen LogP contribution in [0, 0.1) is 17.0 Å². The second-order valence-electron chi connectivity index (χ2n) is 5.18. The SMILES string of the molecule is CNC(C)(CC(C)Oc1cccc([N+](=O)[O-])c1C)C(=O)O. The zero-order valence-corrected chi connectivity index (χ0v) is 12.5. The average Bonchev–Trinajstić information content (AvgIpc) is 2.40. The lowest BCUT2D eigenvalue weighted by atomic mass is 9.95. The third-order valence-corrected chi connectivity index (χ3v) is 3.50. The second-order valence-corrected chi connectivity index (χ2v) is 5.18. The van der Waals surface area contributed by atoms with E-state index in [2.05, 4.69) is 5.32 Å². The molecule has 21 heavy (non-hydrogen) atoms. The number of benzene rings is 1. The molecule has 0 aliphatic carbocycles. The molecule has 0 bridgehead atoms. The molecule has 1 aromatic rings. The Balaban J connectivity index is 2.89. The monoisotopic (exact) mass is 296 g/mol. The average molecular weight is 296 g/mol. The molecule has 0 saturated heterocycles. The first-order valence-corrected chi connectivity index (χ1v) is 6.54. The molecule has 0 spiro atoms. The highest BCUT2D eigenvalue weighted by atomic mass is 16.6. The van der Waals surface area contributed by atoms with E-state index in [0.717, 1.165) is 0 Å². The Bertz CT molecular complexity index is 546. The molecule has 0 radical (unpaired) electrons. The number of rotatable bonds is 7. The van der Waals surface area contributed by atoms with E-state index in [4.69, 9.17) is 4.74 Å². The molecule has 2 unspecified atom stereocenters. The number of nitrogens with zero attached hydrogens (tertiary/aromatic N) is 1. The van der Waals surface area contributed by atoms with Crippen molar-refractivity contribution in [2.75, 3.05) is 7.05 Å². The molecule has 0 saturated carbocycles. The van der Waals surface area contributed by atoms with E-state index in [1.807, 2.05) is 0 Å². The van der Waals surface area contributed by atoms with Gasteiger partial charge in [0.2, 0.25) is 0 Å². The summed E-state index contributed by atoms with van der Waals surface area (Å²) in [5, 5.41) is 22.8. The van der Waals surface area contributed by atoms with E-state index in [1.54, 1.807) is 40.0 Å². The first-order valence-electron chi connectivity index (χ1n) is 6.54. The summed E-state index contributed by atoms with van der Waals surface area (Å²) in [6.07, 6.45) is -0.194. The Hall–Kier alpha value is -2.15. The van der Waals surface area contributed by atoms with Gasteiger partial charge >= 0.3 is 5.97 Å². The Kier molecular flexibility index (Phi) is 5.26. The van der Waals surface area contributed by atoms with Crippen molar-refractivity contribution < 1.29 is 19.6 Å². The topological polar surface area (TPSA) is 102 Å². The van der Waals surface area contributed by atoms with Gasteiger partial charge in [-0.1, -0.05) is 6.07 Å². The van der Waals surface area contributed by atoms with Crippen molar-refractivity contribution in [3.8, 4) is 5.75 Å². The molecule has 1 aromatic carbocycles. The van der Waals surface area contributed by atoms with Gasteiger partial charge in [-0.3, -0.25) is 14.9 Å². The van der Waals surface area contributed by atoms with Gasteiger partial charge in [0, 0.05) is 12.5 Å². The van der Waals surface area contributed by atoms with Gasteiger partial charge in [-0.2, -0.15) is 0 Å². The second kappa shape index (κ2) is 6.53. The number of nitro benzene ring substituents is 1. The molecule has 0 aromatic heterocycles. The van der Waals surface area contributed by atoms with E-state index in [-0.39, 0.29) is 12.1 Å². The molecule has 1 rings (SSSR count). The van der Waals surface area contributed by atoms with Crippen molar-refractivity contribution in [3.05, 3.63) is 33.9 Å². The predicted octanol–water partition coefficient (Wildman–Crippen LogP) is 2.12. The minimum absolute atomic E-state index is 0.0192. The molecular formula is C14H20N2O5. The number of carboxylic acids is 1. The van der Waals surface area contributed by atoms with Crippen LogP contribution in [0.5, 0.6) is 5.75 Å². The maximum atomic E-state index is 11.2. The lowest BCUT2D eigenvalue weighted by Gasteiger charge is -2.28. The number of ether oxygens (including phenoxy) is 1. The molecule has 0 aliphatic rings. The molecule has 0 amide bonds. The third-order valence-electron chi connectivity index (χ3n) is 3.50. The summed E-state index contributed by atoms with van der Waals surface area (Å²) in [6, 6.07) is 4.58. The normalized spacial score (nSPS) is 15.0. The summed E-state index contributed by atoms with van der Waals surface area (Å²) in [5.74, 6) is -0.586. The summed E-state index contributed by atoms with van der Waals surface area (Å²) >= 11 is 0. The van der Waals surface area contributed by atoms with Crippen molar-refractivity contribution in [3.63, 3.8) is 0 Å². The van der Waals surface area contributed by atoms with Crippen molar-refractivity contribution in [2.24, 2.45) is 0 Å². The summed E-state index contributed by atoms with van der Waals surface area (Å²) in [4.78, 5) is 21.7. The highest BCUT2D eigenvalue weighted by Gasteiger charge is 2.33. The molecule has 2 atom stereocenters. The van der Waals surface area contributed by atoms with E-state index >= 15 is 0 Å². The maximum Gasteiger partial charge on any atom is 0.323 e. The largest absolute Gasteiger partial charge is 0.490 e. The molecule has 7 nitrogen and oxygen atoms in total. The maximum absolute atomic E-state index is 11.2. The van der Waals surface area contributed by atoms with E-state index in [0.29, 0.717) is 11.3 Å². The van der Waals surface area contributed by atoms with Crippen LogP contribution in [0.4, 0.5) is 5.69 Å². The zero-order valence-electron chi connectivity index (χ0n) is 12.5. The van der Waals surface area contributed by atoms with Crippen LogP contribution in [-0.2, 0) is 4.79 Å². The molecule has 0 fully saturated rings. The fourth-order valence-corrected chi connectivity index (χ4v) is 2.06. The number of likely N-dealkylation sites (N-methyl/N-ethyl adjacent to an activating group) is 1. The lowest BCUT2D eigenvalue weighted by molar-refractivity contribution is -0.385. The number of nitrogens with one attached hydrogen (secondary N) is 1. The van der Waals surface area contributed by atoms with Crippen molar-refractivity contribution in [1.29, 1.82) is 0 Å². The zero-order chi connectivity index (χ0) is 16.2. The van der Waals surface area contributed by atoms with Gasteiger partial charge in [-0.25, -0.2) is 0 Å². The molecule has 116 valence electrons. The minimum atomic E-state index is -1.12. The fraction of sp³-hybridized carbons (Fsp3) is 0.500. The fourth-order valence-electron chi connectivity index (χ4n) is 2.06. The summed E-state index contributed by atoms with van der Waals surface area (Å²) in [7, 11) is 1.57. The molecule has 2 N–H and O–H groups in total. The number of nitro groups is 1. The molecule has 0 aliphatic heterocycles. The van der Waals surface area contributed by atoms with Gasteiger partial charge in [0.25, 0.3) is 5.69 Å². The van der Waals surface area contributed by atoms with Crippen molar-refractivity contribution >= 4 is 11.7 Å². The molecule has 0 heterocycles. The Morgan fingerprint density at radius 1 is 1.57 bits per heavy atom. The first-order chi connectivity index (χ1) is 9.71. The van der Waals surface area contributed by atoms with Crippen LogP contribution < -0.4 is 10.1 Å². The van der Waals surface area contributed by atoms with Crippen LogP contribution in [0.1, 0.15) is 25.8 Å². The van der Waals surface area contributed by atoms with Gasteiger partial charge in [0.05, 0.1) is 16.6 Å². The van der Waals surface area contributed by atoms with Gasteiger partial charge in [-0.15, -0.1) is 0 Å². The first kappa shape index (κ1) is 16.9. The summed E-state index contributed by atoms with van der Waals surface area (Å²) < 4.78 is 5.68. The van der Waals surface area contributed by atoms with Crippen LogP contribution in [-0.4, -0.2) is 34.7 Å².